The van der Waals surface area contributed by atoms with Gasteiger partial charge in [0.15, 0.2) is 5.96 Å². The summed E-state index contributed by atoms with van der Waals surface area (Å²) in [6.07, 6.45) is 4.01. The zero-order valence-corrected chi connectivity index (χ0v) is 16.9. The number of aromatic nitrogens is 1. The van der Waals surface area contributed by atoms with Crippen LogP contribution in [0.15, 0.2) is 47.6 Å². The van der Waals surface area contributed by atoms with Gasteiger partial charge in [-0.05, 0) is 49.1 Å². The van der Waals surface area contributed by atoms with E-state index in [4.69, 9.17) is 0 Å². The standard InChI is InChI=1S/C19H23FN4.HI/c1-14-6-7-15(11-22-14)12-23-18(21-2)24-13-19(8-9-19)16-4-3-5-17(20)10-16;/h3-7,10-11H,8-9,12-13H2,1-2H3,(H2,21,23,24);1H. The van der Waals surface area contributed by atoms with Crippen molar-refractivity contribution in [2.24, 2.45) is 4.99 Å². The van der Waals surface area contributed by atoms with Gasteiger partial charge >= 0.3 is 0 Å². The highest BCUT2D eigenvalue weighted by molar-refractivity contribution is 14.0. The number of rotatable bonds is 5. The van der Waals surface area contributed by atoms with E-state index in [2.05, 4.69) is 26.7 Å². The van der Waals surface area contributed by atoms with Gasteiger partial charge in [-0.15, -0.1) is 24.0 Å². The number of halogens is 2. The molecular weight excluding hydrogens is 430 g/mol. The SMILES string of the molecule is CN=C(NCc1ccc(C)nc1)NCC1(c2cccc(F)c2)CC1.I. The van der Waals surface area contributed by atoms with Gasteiger partial charge in [0.05, 0.1) is 0 Å². The number of nitrogens with one attached hydrogen (secondary N) is 2. The highest BCUT2D eigenvalue weighted by atomic mass is 127. The quantitative estimate of drug-likeness (QED) is 0.413. The van der Waals surface area contributed by atoms with Gasteiger partial charge in [-0.25, -0.2) is 4.39 Å². The molecule has 4 nitrogen and oxygen atoms in total. The zero-order chi connectivity index (χ0) is 17.0. The lowest BCUT2D eigenvalue weighted by Gasteiger charge is -2.19. The first kappa shape index (κ1) is 19.6. The summed E-state index contributed by atoms with van der Waals surface area (Å²) < 4.78 is 13.5. The van der Waals surface area contributed by atoms with Gasteiger partial charge in [-0.1, -0.05) is 18.2 Å². The minimum atomic E-state index is -0.173. The lowest BCUT2D eigenvalue weighted by molar-refractivity contribution is 0.607. The van der Waals surface area contributed by atoms with Gasteiger partial charge in [0.1, 0.15) is 5.82 Å². The molecule has 1 aromatic carbocycles. The molecule has 1 heterocycles. The maximum absolute atomic E-state index is 13.5. The smallest absolute Gasteiger partial charge is 0.191 e. The average Bonchev–Trinajstić information content (AvgIpc) is 3.38. The first-order valence-electron chi connectivity index (χ1n) is 8.23. The summed E-state index contributed by atoms with van der Waals surface area (Å²) in [5.41, 5.74) is 3.21. The van der Waals surface area contributed by atoms with Crippen LogP contribution in [0.3, 0.4) is 0 Å². The van der Waals surface area contributed by atoms with E-state index in [1.807, 2.05) is 25.3 Å². The van der Waals surface area contributed by atoms with Gasteiger partial charge in [-0.3, -0.25) is 9.98 Å². The molecule has 1 aliphatic carbocycles. The van der Waals surface area contributed by atoms with Gasteiger partial charge in [-0.2, -0.15) is 0 Å². The Morgan fingerprint density at radius 2 is 2.04 bits per heavy atom. The molecule has 25 heavy (non-hydrogen) atoms. The van der Waals surface area contributed by atoms with Crippen molar-refractivity contribution >= 4 is 29.9 Å². The molecule has 1 saturated carbocycles. The van der Waals surface area contributed by atoms with E-state index >= 15 is 0 Å². The number of guanidine groups is 1. The van der Waals surface area contributed by atoms with Gasteiger partial charge in [0.2, 0.25) is 0 Å². The second kappa shape index (κ2) is 8.60. The lowest BCUT2D eigenvalue weighted by Crippen LogP contribution is -2.40. The van der Waals surface area contributed by atoms with Crippen molar-refractivity contribution in [3.63, 3.8) is 0 Å². The van der Waals surface area contributed by atoms with Crippen LogP contribution in [0.1, 0.15) is 29.7 Å². The van der Waals surface area contributed by atoms with Gasteiger partial charge in [0, 0.05) is 37.4 Å². The molecule has 1 aliphatic rings. The topological polar surface area (TPSA) is 49.3 Å². The summed E-state index contributed by atoms with van der Waals surface area (Å²) in [7, 11) is 1.75. The van der Waals surface area contributed by atoms with Crippen molar-refractivity contribution in [3.8, 4) is 0 Å². The molecule has 2 N–H and O–H groups in total. The zero-order valence-electron chi connectivity index (χ0n) is 14.6. The molecular formula is C19H24FIN4. The molecule has 0 unspecified atom stereocenters. The normalized spacial score (nSPS) is 15.2. The fourth-order valence-electron chi connectivity index (χ4n) is 2.80. The molecule has 0 bridgehead atoms. The van der Waals surface area contributed by atoms with E-state index in [1.54, 1.807) is 19.2 Å². The largest absolute Gasteiger partial charge is 0.356 e. The van der Waals surface area contributed by atoms with Crippen molar-refractivity contribution in [2.75, 3.05) is 13.6 Å². The summed E-state index contributed by atoms with van der Waals surface area (Å²) in [5, 5.41) is 6.66. The number of nitrogens with zero attached hydrogens (tertiary/aromatic N) is 2. The molecule has 134 valence electrons. The Hall–Kier alpha value is -1.70. The Balaban J connectivity index is 0.00000225. The van der Waals surface area contributed by atoms with Crippen LogP contribution in [-0.2, 0) is 12.0 Å². The second-order valence-electron chi connectivity index (χ2n) is 6.38. The fraction of sp³-hybridized carbons (Fsp3) is 0.368. The molecule has 0 saturated heterocycles. The van der Waals surface area contributed by atoms with Crippen LogP contribution in [0.5, 0.6) is 0 Å². The molecule has 0 spiro atoms. The number of hydrogen-bond donors (Lipinski definition) is 2. The van der Waals surface area contributed by atoms with E-state index in [0.717, 1.165) is 42.2 Å². The van der Waals surface area contributed by atoms with Crippen LogP contribution in [0, 0.1) is 12.7 Å². The summed E-state index contributed by atoms with van der Waals surface area (Å²) >= 11 is 0. The summed E-state index contributed by atoms with van der Waals surface area (Å²) in [6, 6.07) is 11.0. The fourth-order valence-corrected chi connectivity index (χ4v) is 2.80. The van der Waals surface area contributed by atoms with E-state index in [1.165, 1.54) is 6.07 Å². The van der Waals surface area contributed by atoms with Crippen LogP contribution in [0.2, 0.25) is 0 Å². The van der Waals surface area contributed by atoms with Crippen LogP contribution < -0.4 is 10.6 Å². The van der Waals surface area contributed by atoms with Crippen LogP contribution in [0.25, 0.3) is 0 Å². The maximum atomic E-state index is 13.5. The Labute approximate surface area is 165 Å². The van der Waals surface area contributed by atoms with Crippen LogP contribution in [-0.4, -0.2) is 24.5 Å². The Morgan fingerprint density at radius 1 is 1.24 bits per heavy atom. The van der Waals surface area contributed by atoms with Crippen molar-refractivity contribution in [3.05, 3.63) is 65.2 Å². The molecule has 2 aromatic rings. The number of benzene rings is 1. The monoisotopic (exact) mass is 454 g/mol. The van der Waals surface area contributed by atoms with E-state index in [0.29, 0.717) is 6.54 Å². The highest BCUT2D eigenvalue weighted by Crippen LogP contribution is 2.47. The number of pyridine rings is 1. The third-order valence-corrected chi connectivity index (χ3v) is 4.54. The Bertz CT molecular complexity index is 726. The molecule has 3 rings (SSSR count). The van der Waals surface area contributed by atoms with E-state index < -0.39 is 0 Å². The molecule has 1 aromatic heterocycles. The Morgan fingerprint density at radius 3 is 2.64 bits per heavy atom. The van der Waals surface area contributed by atoms with Crippen LogP contribution >= 0.6 is 24.0 Å². The summed E-state index contributed by atoms with van der Waals surface area (Å²) in [5.74, 6) is 0.575. The molecule has 1 fully saturated rings. The van der Waals surface area contributed by atoms with Crippen LogP contribution in [0.4, 0.5) is 4.39 Å². The third-order valence-electron chi connectivity index (χ3n) is 4.54. The minimum Gasteiger partial charge on any atom is -0.356 e. The van der Waals surface area contributed by atoms with Crippen molar-refractivity contribution < 1.29 is 4.39 Å². The van der Waals surface area contributed by atoms with Crippen molar-refractivity contribution in [1.29, 1.82) is 0 Å². The Kier molecular flexibility index (Phi) is 6.75. The highest BCUT2D eigenvalue weighted by Gasteiger charge is 2.44. The number of aliphatic imine (C=N–C) groups is 1. The molecule has 0 aliphatic heterocycles. The van der Waals surface area contributed by atoms with Gasteiger partial charge < -0.3 is 10.6 Å². The van der Waals surface area contributed by atoms with E-state index in [9.17, 15) is 4.39 Å². The number of aryl methyl sites for hydroxylation is 1. The van der Waals surface area contributed by atoms with Gasteiger partial charge in [0.25, 0.3) is 0 Å². The summed E-state index contributed by atoms with van der Waals surface area (Å²) in [4.78, 5) is 8.55. The lowest BCUT2D eigenvalue weighted by atomic mass is 9.96. The predicted molar refractivity (Wildman–Crippen MR) is 110 cm³/mol. The van der Waals surface area contributed by atoms with Crippen molar-refractivity contribution in [1.82, 2.24) is 15.6 Å². The average molecular weight is 454 g/mol. The second-order valence-corrected chi connectivity index (χ2v) is 6.38. The minimum absolute atomic E-state index is 0. The van der Waals surface area contributed by atoms with Crippen molar-refractivity contribution in [2.45, 2.75) is 31.7 Å². The molecule has 0 amide bonds. The first-order chi connectivity index (χ1) is 11.6. The molecule has 6 heteroatoms. The first-order valence-corrected chi connectivity index (χ1v) is 8.23. The number of hydrogen-bond acceptors (Lipinski definition) is 2. The summed E-state index contributed by atoms with van der Waals surface area (Å²) in [6.45, 7) is 3.39. The maximum Gasteiger partial charge on any atom is 0.191 e. The predicted octanol–water partition coefficient (Wildman–Crippen LogP) is 3.54. The molecule has 0 atom stereocenters. The van der Waals surface area contributed by atoms with E-state index in [-0.39, 0.29) is 35.2 Å². The third kappa shape index (κ3) is 5.14. The molecule has 0 radical (unpaired) electrons.